The second-order valence-corrected chi connectivity index (χ2v) is 7.60. The number of rotatable bonds is 4. The van der Waals surface area contributed by atoms with Gasteiger partial charge in [0.15, 0.2) is 5.79 Å². The number of carbonyl (C=O) groups is 2. The molecule has 0 unspecified atom stereocenters. The first-order valence-electron chi connectivity index (χ1n) is 8.73. The van der Waals surface area contributed by atoms with E-state index in [1.165, 1.54) is 13.0 Å². The third kappa shape index (κ3) is 3.13. The predicted molar refractivity (Wildman–Crippen MR) is 92.2 cm³/mol. The molecule has 4 atom stereocenters. The van der Waals surface area contributed by atoms with Crippen molar-refractivity contribution in [2.24, 2.45) is 5.11 Å². The summed E-state index contributed by atoms with van der Waals surface area (Å²) in [6, 6.07) is 0. The maximum Gasteiger partial charge on any atom is 0.280 e. The van der Waals surface area contributed by atoms with Crippen LogP contribution in [0.4, 0.5) is 0 Å². The summed E-state index contributed by atoms with van der Waals surface area (Å²) >= 11 is 0. The second-order valence-electron chi connectivity index (χ2n) is 7.60. The first-order valence-corrected chi connectivity index (χ1v) is 8.73. The van der Waals surface area contributed by atoms with Crippen molar-refractivity contribution < 1.29 is 34.0 Å². The SMILES string of the molecule is CC1(C)OC[C@@](C)([C@@H](O)[C@@]23NC(=O)[C@@](O)(NC2=O)/C(=C/CN=[N+]=[N-])CCO3)O1. The van der Waals surface area contributed by atoms with E-state index in [-0.39, 0.29) is 31.8 Å². The van der Waals surface area contributed by atoms with Crippen LogP contribution in [0.15, 0.2) is 16.8 Å². The van der Waals surface area contributed by atoms with Gasteiger partial charge in [0, 0.05) is 11.5 Å². The van der Waals surface area contributed by atoms with Crippen LogP contribution in [-0.4, -0.2) is 70.7 Å². The van der Waals surface area contributed by atoms with Gasteiger partial charge in [-0.15, -0.1) is 0 Å². The molecule has 154 valence electrons. The van der Waals surface area contributed by atoms with Gasteiger partial charge in [-0.3, -0.25) is 9.59 Å². The van der Waals surface area contributed by atoms with E-state index >= 15 is 0 Å². The fraction of sp³-hybridized carbons (Fsp3) is 0.750. The van der Waals surface area contributed by atoms with E-state index in [1.54, 1.807) is 13.8 Å². The van der Waals surface area contributed by atoms with Gasteiger partial charge in [-0.2, -0.15) is 0 Å². The smallest absolute Gasteiger partial charge is 0.280 e. The fourth-order valence-corrected chi connectivity index (χ4v) is 3.67. The highest BCUT2D eigenvalue weighted by Crippen LogP contribution is 2.40. The lowest BCUT2D eigenvalue weighted by Gasteiger charge is -2.50. The molecule has 28 heavy (non-hydrogen) atoms. The summed E-state index contributed by atoms with van der Waals surface area (Å²) in [4.78, 5) is 28.2. The number of hydrogen-bond acceptors (Lipinski definition) is 8. The van der Waals surface area contributed by atoms with Gasteiger partial charge in [0.1, 0.15) is 11.7 Å². The standard InChI is InChI=1S/C16H23N5O7/c1-13(2)27-8-14(3,28-13)10(22)16-12(24)19-15(25,11(23)20-16)9(5-7-26-16)4-6-18-21-17/h4,10,22,25H,5-8H2,1-3H3,(H,19,24)(H,20,23)/b9-4+/t10-,14+,15-,16+/m1/s1. The zero-order chi connectivity index (χ0) is 20.8. The van der Waals surface area contributed by atoms with Crippen LogP contribution < -0.4 is 10.6 Å². The highest BCUT2D eigenvalue weighted by molar-refractivity contribution is 6.03. The Balaban J connectivity index is 1.94. The summed E-state index contributed by atoms with van der Waals surface area (Å²) in [6.07, 6.45) is -0.238. The van der Waals surface area contributed by atoms with Crippen molar-refractivity contribution in [3.05, 3.63) is 22.1 Å². The van der Waals surface area contributed by atoms with Crippen molar-refractivity contribution in [3.63, 3.8) is 0 Å². The number of amides is 2. The molecule has 4 fully saturated rings. The summed E-state index contributed by atoms with van der Waals surface area (Å²) in [6.45, 7) is 4.58. The lowest BCUT2D eigenvalue weighted by molar-refractivity contribution is -0.240. The highest BCUT2D eigenvalue weighted by Gasteiger charge is 2.65. The summed E-state index contributed by atoms with van der Waals surface area (Å²) in [5, 5.41) is 29.7. The lowest BCUT2D eigenvalue weighted by atomic mass is 9.84. The molecule has 0 aromatic carbocycles. The van der Waals surface area contributed by atoms with Gasteiger partial charge in [0.25, 0.3) is 17.5 Å². The van der Waals surface area contributed by atoms with Gasteiger partial charge in [-0.25, -0.2) is 0 Å². The van der Waals surface area contributed by atoms with Crippen LogP contribution in [0.5, 0.6) is 0 Å². The van der Waals surface area contributed by atoms with Gasteiger partial charge in [-0.05, 0) is 38.3 Å². The van der Waals surface area contributed by atoms with Crippen LogP contribution in [0.1, 0.15) is 27.2 Å². The van der Waals surface area contributed by atoms with E-state index in [0.717, 1.165) is 0 Å². The summed E-state index contributed by atoms with van der Waals surface area (Å²) in [7, 11) is 0. The van der Waals surface area contributed by atoms with Crippen molar-refractivity contribution in [1.29, 1.82) is 0 Å². The van der Waals surface area contributed by atoms with E-state index < -0.39 is 40.8 Å². The average molecular weight is 397 g/mol. The minimum atomic E-state index is -2.34. The van der Waals surface area contributed by atoms with Crippen molar-refractivity contribution >= 4 is 11.8 Å². The number of carbonyl (C=O) groups excluding carboxylic acids is 2. The Morgan fingerprint density at radius 3 is 2.61 bits per heavy atom. The molecule has 4 rings (SSSR count). The second kappa shape index (κ2) is 6.69. The van der Waals surface area contributed by atoms with Crippen molar-refractivity contribution in [2.75, 3.05) is 19.8 Å². The summed E-state index contributed by atoms with van der Waals surface area (Å²) in [5.41, 5.74) is 2.63. The predicted octanol–water partition coefficient (Wildman–Crippen LogP) is -0.823. The van der Waals surface area contributed by atoms with Crippen LogP contribution in [0.25, 0.3) is 10.4 Å². The quantitative estimate of drug-likeness (QED) is 0.207. The largest absolute Gasteiger partial charge is 0.384 e. The molecule has 0 spiro atoms. The molecule has 4 aliphatic rings. The van der Waals surface area contributed by atoms with Gasteiger partial charge in [0.05, 0.1) is 13.2 Å². The minimum absolute atomic E-state index is 0.0446. The number of hydrogen-bond donors (Lipinski definition) is 4. The van der Waals surface area contributed by atoms with Crippen LogP contribution in [0.3, 0.4) is 0 Å². The number of piperazine rings is 1. The van der Waals surface area contributed by atoms with Gasteiger partial charge in [0.2, 0.25) is 5.72 Å². The molecule has 4 aliphatic heterocycles. The third-order valence-corrected chi connectivity index (χ3v) is 5.06. The Labute approximate surface area is 160 Å². The van der Waals surface area contributed by atoms with Crippen LogP contribution in [-0.2, 0) is 23.8 Å². The normalized spacial score (nSPS) is 39.5. The van der Waals surface area contributed by atoms with Crippen molar-refractivity contribution in [3.8, 4) is 0 Å². The monoisotopic (exact) mass is 397 g/mol. The lowest BCUT2D eigenvalue weighted by Crippen LogP contribution is -2.82. The molecule has 2 amide bonds. The number of ether oxygens (including phenoxy) is 3. The zero-order valence-corrected chi connectivity index (χ0v) is 15.8. The van der Waals surface area contributed by atoms with Crippen LogP contribution in [0, 0.1) is 0 Å². The zero-order valence-electron chi connectivity index (χ0n) is 15.8. The Kier molecular flexibility index (Phi) is 4.90. The van der Waals surface area contributed by atoms with E-state index in [1.807, 2.05) is 0 Å². The van der Waals surface area contributed by atoms with Gasteiger partial charge >= 0.3 is 0 Å². The summed E-state index contributed by atoms with van der Waals surface area (Å²) in [5.74, 6) is -2.92. The van der Waals surface area contributed by atoms with Crippen molar-refractivity contribution in [1.82, 2.24) is 10.6 Å². The summed E-state index contributed by atoms with van der Waals surface area (Å²) < 4.78 is 16.9. The fourth-order valence-electron chi connectivity index (χ4n) is 3.67. The van der Waals surface area contributed by atoms with Gasteiger partial charge in [-0.1, -0.05) is 11.2 Å². The Bertz CT molecular complexity index is 779. The van der Waals surface area contributed by atoms with E-state index in [2.05, 4.69) is 20.7 Å². The topological polar surface area (TPSA) is 175 Å². The Morgan fingerprint density at radius 2 is 2.00 bits per heavy atom. The first-order chi connectivity index (χ1) is 13.0. The molecular formula is C16H23N5O7. The molecule has 0 aliphatic carbocycles. The Hall–Kier alpha value is -2.21. The highest BCUT2D eigenvalue weighted by atomic mass is 16.8. The molecule has 12 heteroatoms. The number of nitrogens with one attached hydrogen (secondary N) is 2. The Morgan fingerprint density at radius 1 is 1.29 bits per heavy atom. The van der Waals surface area contributed by atoms with Crippen LogP contribution in [0.2, 0.25) is 0 Å². The molecule has 4 heterocycles. The maximum atomic E-state index is 12.9. The van der Waals surface area contributed by atoms with Crippen LogP contribution >= 0.6 is 0 Å². The molecule has 0 saturated carbocycles. The van der Waals surface area contributed by atoms with Crippen molar-refractivity contribution in [2.45, 2.75) is 56.1 Å². The molecular weight excluding hydrogens is 374 g/mol. The van der Waals surface area contributed by atoms with E-state index in [9.17, 15) is 19.8 Å². The molecule has 0 radical (unpaired) electrons. The molecule has 12 nitrogen and oxygen atoms in total. The first kappa shape index (κ1) is 20.5. The minimum Gasteiger partial charge on any atom is -0.384 e. The molecule has 4 N–H and O–H groups in total. The maximum absolute atomic E-state index is 12.9. The average Bonchev–Trinajstić information content (AvgIpc) is 2.90. The number of nitrogens with zero attached hydrogens (tertiary/aromatic N) is 3. The van der Waals surface area contributed by atoms with E-state index in [0.29, 0.717) is 0 Å². The molecule has 4 saturated heterocycles. The van der Waals surface area contributed by atoms with E-state index in [4.69, 9.17) is 19.7 Å². The number of fused-ring (bicyclic) bond motifs is 5. The molecule has 2 bridgehead atoms. The number of azide groups is 1. The molecule has 0 aromatic heterocycles. The number of aliphatic hydroxyl groups is 2. The van der Waals surface area contributed by atoms with Gasteiger partial charge < -0.3 is 35.1 Å². The molecule has 0 aromatic rings. The number of aliphatic hydroxyl groups excluding tert-OH is 1. The third-order valence-electron chi connectivity index (χ3n) is 5.06.